The van der Waals surface area contributed by atoms with Gasteiger partial charge < -0.3 is 29.4 Å². The first kappa shape index (κ1) is 35.4. The number of amides is 3. The van der Waals surface area contributed by atoms with E-state index in [1.54, 1.807) is 26.9 Å². The highest BCUT2D eigenvalue weighted by Gasteiger charge is 2.78. The summed E-state index contributed by atoms with van der Waals surface area (Å²) in [5, 5.41) is 9.41. The van der Waals surface area contributed by atoms with Crippen LogP contribution in [-0.2, 0) is 25.7 Å². The van der Waals surface area contributed by atoms with Gasteiger partial charge in [0, 0.05) is 57.3 Å². The fraction of sp³-hybridized carbons (Fsp3) is 0.513. The zero-order valence-electron chi connectivity index (χ0n) is 28.9. The van der Waals surface area contributed by atoms with Crippen molar-refractivity contribution in [3.8, 4) is 0 Å². The molecular formula is C39H52N4O5. The molecule has 3 amide bonds. The van der Waals surface area contributed by atoms with Crippen molar-refractivity contribution in [1.82, 2.24) is 9.80 Å². The van der Waals surface area contributed by atoms with Gasteiger partial charge in [0.25, 0.3) is 5.91 Å². The number of rotatable bonds is 17. The van der Waals surface area contributed by atoms with E-state index < -0.39 is 29.1 Å². The number of likely N-dealkylation sites (tertiary alicyclic amines) is 1. The van der Waals surface area contributed by atoms with E-state index in [1.807, 2.05) is 61.5 Å². The lowest BCUT2D eigenvalue weighted by Crippen LogP contribution is -2.56. The summed E-state index contributed by atoms with van der Waals surface area (Å²) in [6, 6.07) is 16.8. The topological polar surface area (TPSA) is 93.6 Å². The van der Waals surface area contributed by atoms with Crippen LogP contribution in [0.4, 0.5) is 11.4 Å². The normalized spacial score (nSPS) is 25.5. The monoisotopic (exact) mass is 656 g/mol. The van der Waals surface area contributed by atoms with Crippen LogP contribution in [0.25, 0.3) is 0 Å². The molecule has 2 bridgehead atoms. The molecule has 0 aromatic heterocycles. The van der Waals surface area contributed by atoms with E-state index in [2.05, 4.69) is 31.9 Å². The highest BCUT2D eigenvalue weighted by molar-refractivity contribution is 6.05. The Labute approximate surface area is 285 Å². The zero-order valence-corrected chi connectivity index (χ0v) is 28.9. The van der Waals surface area contributed by atoms with Crippen molar-refractivity contribution in [3.63, 3.8) is 0 Å². The summed E-state index contributed by atoms with van der Waals surface area (Å²) < 4.78 is 6.93. The molecule has 3 fully saturated rings. The lowest BCUT2D eigenvalue weighted by Gasteiger charge is -2.37. The Bertz CT molecular complexity index is 1460. The lowest BCUT2D eigenvalue weighted by atomic mass is 9.66. The molecular weight excluding hydrogens is 604 g/mol. The molecule has 3 saturated heterocycles. The number of ether oxygens (including phenoxy) is 1. The minimum Gasteiger partial charge on any atom is -0.396 e. The summed E-state index contributed by atoms with van der Waals surface area (Å²) in [6.07, 6.45) is 6.45. The third-order valence-electron chi connectivity index (χ3n) is 10.6. The van der Waals surface area contributed by atoms with Crippen LogP contribution < -0.4 is 9.80 Å². The molecule has 48 heavy (non-hydrogen) atoms. The molecule has 3 aliphatic heterocycles. The van der Waals surface area contributed by atoms with E-state index in [1.165, 1.54) is 0 Å². The predicted molar refractivity (Wildman–Crippen MR) is 189 cm³/mol. The van der Waals surface area contributed by atoms with Gasteiger partial charge in [-0.3, -0.25) is 14.4 Å². The number of benzene rings is 2. The van der Waals surface area contributed by atoms with E-state index >= 15 is 0 Å². The Morgan fingerprint density at radius 3 is 2.23 bits per heavy atom. The first-order valence-electron chi connectivity index (χ1n) is 17.5. The SMILES string of the molecule is C=CCN(Cc1ccccc1)C(=O)[C@H]1[C@H]2C(=O)N(CCCCCO)C(C(=O)N(CC=C)c3ccc(N(CC)CC)cc3)C23CC[C@]1(C)O3. The molecule has 5 atom stereocenters. The second-order valence-corrected chi connectivity index (χ2v) is 13.5. The van der Waals surface area contributed by atoms with Gasteiger partial charge in [-0.25, -0.2) is 0 Å². The van der Waals surface area contributed by atoms with Crippen molar-refractivity contribution in [3.05, 3.63) is 85.5 Å². The first-order valence-corrected chi connectivity index (χ1v) is 17.5. The largest absolute Gasteiger partial charge is 0.396 e. The number of aliphatic hydroxyl groups is 1. The van der Waals surface area contributed by atoms with E-state index in [4.69, 9.17) is 4.74 Å². The summed E-state index contributed by atoms with van der Waals surface area (Å²) >= 11 is 0. The average Bonchev–Trinajstić information content (AvgIpc) is 3.66. The Morgan fingerprint density at radius 1 is 0.938 bits per heavy atom. The molecule has 0 saturated carbocycles. The average molecular weight is 657 g/mol. The van der Waals surface area contributed by atoms with Crippen LogP contribution in [0.15, 0.2) is 79.9 Å². The Morgan fingerprint density at radius 2 is 1.60 bits per heavy atom. The maximum atomic E-state index is 14.9. The second kappa shape index (κ2) is 15.1. The first-order chi connectivity index (χ1) is 23.2. The van der Waals surface area contributed by atoms with Crippen molar-refractivity contribution in [1.29, 1.82) is 0 Å². The predicted octanol–water partition coefficient (Wildman–Crippen LogP) is 5.19. The van der Waals surface area contributed by atoms with Gasteiger partial charge in [0.05, 0.1) is 17.4 Å². The molecule has 1 N–H and O–H groups in total. The maximum absolute atomic E-state index is 14.9. The maximum Gasteiger partial charge on any atom is 0.253 e. The van der Waals surface area contributed by atoms with E-state index in [-0.39, 0.29) is 30.9 Å². The Balaban J connectivity index is 1.52. The van der Waals surface area contributed by atoms with Gasteiger partial charge in [-0.05, 0) is 82.7 Å². The molecule has 3 heterocycles. The van der Waals surface area contributed by atoms with Crippen LogP contribution in [0.5, 0.6) is 0 Å². The minimum atomic E-state index is -1.13. The summed E-state index contributed by atoms with van der Waals surface area (Å²) in [5.74, 6) is -2.10. The molecule has 3 aliphatic rings. The zero-order chi connectivity index (χ0) is 34.5. The minimum absolute atomic E-state index is 0.0675. The summed E-state index contributed by atoms with van der Waals surface area (Å²) in [6.45, 7) is 17.1. The number of fused-ring (bicyclic) bond motifs is 1. The molecule has 0 aliphatic carbocycles. The van der Waals surface area contributed by atoms with Crippen LogP contribution in [0.3, 0.4) is 0 Å². The van der Waals surface area contributed by atoms with E-state index in [0.29, 0.717) is 51.7 Å². The van der Waals surface area contributed by atoms with Gasteiger partial charge in [0.1, 0.15) is 11.6 Å². The number of hydrogen-bond acceptors (Lipinski definition) is 6. The van der Waals surface area contributed by atoms with Crippen LogP contribution in [0.2, 0.25) is 0 Å². The molecule has 2 aromatic carbocycles. The highest BCUT2D eigenvalue weighted by Crippen LogP contribution is 2.63. The standard InChI is InChI=1S/C39H52N4O5/c1-6-24-41(28-29-16-12-10-13-17-29)35(45)32-33-36(46)43(26-14-11-15-27-44)34(39(33)23-22-38(32,5)48-39)37(47)42(25-7-2)31-20-18-30(19-21-31)40(8-3)9-4/h6-7,10,12-13,16-21,32-34,44H,1-2,8-9,11,14-15,22-28H2,3-5H3/t32-,33+,34?,38+,39?/m1/s1. The van der Waals surface area contributed by atoms with Gasteiger partial charge in [-0.2, -0.15) is 0 Å². The van der Waals surface area contributed by atoms with E-state index in [0.717, 1.165) is 30.0 Å². The Hall–Kier alpha value is -3.95. The molecule has 0 radical (unpaired) electrons. The molecule has 2 aromatic rings. The summed E-state index contributed by atoms with van der Waals surface area (Å²) in [4.78, 5) is 51.6. The van der Waals surface area contributed by atoms with Gasteiger partial charge >= 0.3 is 0 Å². The molecule has 1 spiro atoms. The lowest BCUT2D eigenvalue weighted by molar-refractivity contribution is -0.150. The number of aliphatic hydroxyl groups excluding tert-OH is 1. The molecule has 9 nitrogen and oxygen atoms in total. The van der Waals surface area contributed by atoms with Crippen molar-refractivity contribution in [2.45, 2.75) is 76.7 Å². The third-order valence-corrected chi connectivity index (χ3v) is 10.6. The number of carbonyl (C=O) groups is 3. The fourth-order valence-corrected chi connectivity index (χ4v) is 8.31. The number of unbranched alkanes of at least 4 members (excludes halogenated alkanes) is 2. The van der Waals surface area contributed by atoms with Gasteiger partial charge in [-0.15, -0.1) is 13.2 Å². The van der Waals surface area contributed by atoms with Gasteiger partial charge in [-0.1, -0.05) is 42.5 Å². The van der Waals surface area contributed by atoms with Gasteiger partial charge in [0.15, 0.2) is 0 Å². The van der Waals surface area contributed by atoms with Crippen molar-refractivity contribution in [2.75, 3.05) is 49.1 Å². The quantitative estimate of drug-likeness (QED) is 0.186. The van der Waals surface area contributed by atoms with Crippen molar-refractivity contribution >= 4 is 29.1 Å². The third kappa shape index (κ3) is 6.42. The number of nitrogens with zero attached hydrogens (tertiary/aromatic N) is 4. The molecule has 5 rings (SSSR count). The molecule has 258 valence electrons. The van der Waals surface area contributed by atoms with Crippen molar-refractivity contribution < 1.29 is 24.2 Å². The highest BCUT2D eigenvalue weighted by atomic mass is 16.5. The number of hydrogen-bond donors (Lipinski definition) is 1. The summed E-state index contributed by atoms with van der Waals surface area (Å²) in [5.41, 5.74) is 0.758. The Kier molecular flexibility index (Phi) is 11.1. The van der Waals surface area contributed by atoms with Crippen LogP contribution >= 0.6 is 0 Å². The van der Waals surface area contributed by atoms with Crippen LogP contribution in [0, 0.1) is 11.8 Å². The number of carbonyl (C=O) groups excluding carboxylic acids is 3. The second-order valence-electron chi connectivity index (χ2n) is 13.5. The van der Waals surface area contributed by atoms with Crippen LogP contribution in [-0.4, -0.2) is 89.2 Å². The van der Waals surface area contributed by atoms with E-state index in [9.17, 15) is 19.5 Å². The fourth-order valence-electron chi connectivity index (χ4n) is 8.31. The molecule has 2 unspecified atom stereocenters. The smallest absolute Gasteiger partial charge is 0.253 e. The van der Waals surface area contributed by atoms with Crippen molar-refractivity contribution in [2.24, 2.45) is 11.8 Å². The van der Waals surface area contributed by atoms with Gasteiger partial charge in [0.2, 0.25) is 11.8 Å². The summed E-state index contributed by atoms with van der Waals surface area (Å²) in [7, 11) is 0. The molecule has 9 heteroatoms. The number of anilines is 2. The van der Waals surface area contributed by atoms with Crippen LogP contribution in [0.1, 0.15) is 58.4 Å².